The first-order valence-corrected chi connectivity index (χ1v) is 12.3. The van der Waals surface area contributed by atoms with Crippen molar-refractivity contribution in [2.24, 2.45) is 0 Å². The number of nitrogens with zero attached hydrogens (tertiary/aromatic N) is 2. The molecule has 12 heteroatoms. The molecule has 1 N–H and O–H groups in total. The Morgan fingerprint density at radius 2 is 1.56 bits per heavy atom. The van der Waals surface area contributed by atoms with Crippen molar-refractivity contribution in [1.29, 1.82) is 0 Å². The number of nitrogens with one attached hydrogen (secondary N) is 1. The van der Waals surface area contributed by atoms with Crippen LogP contribution in [0.1, 0.15) is 11.1 Å². The van der Waals surface area contributed by atoms with Gasteiger partial charge in [0.1, 0.15) is 0 Å². The summed E-state index contributed by atoms with van der Waals surface area (Å²) in [4.78, 5) is 27.3. The Balaban J connectivity index is 1.46. The number of rotatable bonds is 11. The van der Waals surface area contributed by atoms with Crippen molar-refractivity contribution < 1.29 is 33.4 Å². The second kappa shape index (κ2) is 12.1. The number of methoxy groups -OCH3 is 4. The fourth-order valence-electron chi connectivity index (χ4n) is 3.68. The number of ether oxygens (including phenoxy) is 5. The van der Waals surface area contributed by atoms with E-state index in [-0.39, 0.29) is 12.3 Å². The molecule has 0 aliphatic heterocycles. The number of amides is 1. The van der Waals surface area contributed by atoms with Crippen LogP contribution in [-0.2, 0) is 4.79 Å². The molecule has 0 spiro atoms. The van der Waals surface area contributed by atoms with Crippen molar-refractivity contribution in [3.05, 3.63) is 69.8 Å². The van der Waals surface area contributed by atoms with Gasteiger partial charge in [-0.3, -0.25) is 20.2 Å². The number of benzene rings is 3. The zero-order chi connectivity index (χ0) is 27.9. The lowest BCUT2D eigenvalue weighted by Gasteiger charge is -2.13. The first-order chi connectivity index (χ1) is 18.8. The highest BCUT2D eigenvalue weighted by atomic mass is 32.1. The molecule has 1 heterocycles. The van der Waals surface area contributed by atoms with Gasteiger partial charge in [0.2, 0.25) is 5.75 Å². The van der Waals surface area contributed by atoms with Gasteiger partial charge in [-0.15, -0.1) is 0 Å². The van der Waals surface area contributed by atoms with Gasteiger partial charge in [-0.25, -0.2) is 4.98 Å². The van der Waals surface area contributed by atoms with E-state index in [0.29, 0.717) is 44.1 Å². The van der Waals surface area contributed by atoms with Crippen LogP contribution in [-0.4, -0.2) is 50.9 Å². The number of hydrogen-bond donors (Lipinski definition) is 1. The quantitative estimate of drug-likeness (QED) is 0.147. The highest BCUT2D eigenvalue weighted by molar-refractivity contribution is 7.22. The van der Waals surface area contributed by atoms with E-state index in [1.54, 1.807) is 39.5 Å². The maximum Gasteiger partial charge on any atom is 0.271 e. The van der Waals surface area contributed by atoms with Crippen LogP contribution in [0, 0.1) is 10.1 Å². The minimum atomic E-state index is -0.494. The third-order valence-electron chi connectivity index (χ3n) is 5.53. The summed E-state index contributed by atoms with van der Waals surface area (Å²) in [6.07, 6.45) is 3.74. The predicted octanol–water partition coefficient (Wildman–Crippen LogP) is 5.43. The summed E-state index contributed by atoms with van der Waals surface area (Å²) < 4.78 is 28.0. The highest BCUT2D eigenvalue weighted by Crippen LogP contribution is 2.39. The summed E-state index contributed by atoms with van der Waals surface area (Å²) in [6.45, 7) is -0.299. The Morgan fingerprint density at radius 3 is 2.21 bits per heavy atom. The lowest BCUT2D eigenvalue weighted by molar-refractivity contribution is -0.384. The minimum Gasteiger partial charge on any atom is -0.493 e. The Hall–Kier alpha value is -4.84. The Labute approximate surface area is 227 Å². The van der Waals surface area contributed by atoms with Crippen LogP contribution in [0.15, 0.2) is 48.5 Å². The first-order valence-electron chi connectivity index (χ1n) is 11.5. The minimum absolute atomic E-state index is 0.0692. The summed E-state index contributed by atoms with van der Waals surface area (Å²) in [7, 11) is 6.16. The van der Waals surface area contributed by atoms with Gasteiger partial charge in [-0.1, -0.05) is 29.6 Å². The van der Waals surface area contributed by atoms with E-state index in [9.17, 15) is 14.9 Å². The number of nitro groups is 1. The average Bonchev–Trinajstić information content (AvgIpc) is 3.35. The maximum absolute atomic E-state index is 12.5. The topological polar surface area (TPSA) is 131 Å². The Kier molecular flexibility index (Phi) is 8.46. The molecule has 0 radical (unpaired) electrons. The zero-order valence-electron chi connectivity index (χ0n) is 21.5. The molecule has 1 aromatic heterocycles. The number of fused-ring (bicyclic) bond motifs is 1. The van der Waals surface area contributed by atoms with E-state index >= 15 is 0 Å². The van der Waals surface area contributed by atoms with Gasteiger partial charge in [-0.2, -0.15) is 0 Å². The third kappa shape index (κ3) is 6.36. The molecule has 0 fully saturated rings. The fraction of sp³-hybridized carbons (Fsp3) is 0.185. The summed E-state index contributed by atoms with van der Waals surface area (Å²) >= 11 is 1.21. The zero-order valence-corrected chi connectivity index (χ0v) is 22.4. The lowest BCUT2D eigenvalue weighted by Crippen LogP contribution is -2.20. The van der Waals surface area contributed by atoms with Crippen LogP contribution in [0.25, 0.3) is 22.4 Å². The van der Waals surface area contributed by atoms with E-state index in [2.05, 4.69) is 10.3 Å². The van der Waals surface area contributed by atoms with E-state index in [0.717, 1.165) is 11.1 Å². The molecule has 0 bridgehead atoms. The average molecular weight is 552 g/mol. The second-order valence-electron chi connectivity index (χ2n) is 7.97. The summed E-state index contributed by atoms with van der Waals surface area (Å²) in [6, 6.07) is 13.3. The number of carbonyl (C=O) groups excluding carboxylic acids is 1. The molecule has 0 aliphatic carbocycles. The van der Waals surface area contributed by atoms with Crippen LogP contribution in [0.2, 0.25) is 0 Å². The lowest BCUT2D eigenvalue weighted by atomic mass is 10.1. The van der Waals surface area contributed by atoms with Crippen LogP contribution >= 0.6 is 11.3 Å². The van der Waals surface area contributed by atoms with Gasteiger partial charge < -0.3 is 23.7 Å². The van der Waals surface area contributed by atoms with Crippen molar-refractivity contribution in [2.75, 3.05) is 40.4 Å². The maximum atomic E-state index is 12.5. The SMILES string of the molecule is COc1ccc(/C=C\c2cc(OC)c(OC)c(OC)c2)cc1OCC(=O)Nc1nc2cc([N+](=O)[O-])ccc2s1. The highest BCUT2D eigenvalue weighted by Gasteiger charge is 2.14. The van der Waals surface area contributed by atoms with Crippen molar-refractivity contribution in [2.45, 2.75) is 0 Å². The number of hydrogen-bond acceptors (Lipinski definition) is 10. The molecule has 0 aliphatic rings. The summed E-state index contributed by atoms with van der Waals surface area (Å²) in [5.74, 6) is 1.96. The molecule has 0 atom stereocenters. The molecule has 202 valence electrons. The van der Waals surface area contributed by atoms with E-state index < -0.39 is 10.8 Å². The molecule has 3 aromatic carbocycles. The van der Waals surface area contributed by atoms with Crippen molar-refractivity contribution in [3.8, 4) is 28.7 Å². The van der Waals surface area contributed by atoms with Gasteiger partial charge in [0.25, 0.3) is 11.6 Å². The Morgan fingerprint density at radius 1 is 0.897 bits per heavy atom. The summed E-state index contributed by atoms with van der Waals surface area (Å²) in [5.41, 5.74) is 1.98. The largest absolute Gasteiger partial charge is 0.493 e. The van der Waals surface area contributed by atoms with Gasteiger partial charge in [0.05, 0.1) is 43.6 Å². The Bertz CT molecular complexity index is 1520. The van der Waals surface area contributed by atoms with Crippen molar-refractivity contribution in [1.82, 2.24) is 4.98 Å². The molecule has 0 saturated carbocycles. The predicted molar refractivity (Wildman–Crippen MR) is 148 cm³/mol. The summed E-state index contributed by atoms with van der Waals surface area (Å²) in [5, 5.41) is 14.0. The van der Waals surface area contributed by atoms with E-state index in [4.69, 9.17) is 23.7 Å². The van der Waals surface area contributed by atoms with E-state index in [1.165, 1.54) is 30.6 Å². The van der Waals surface area contributed by atoms with Gasteiger partial charge >= 0.3 is 0 Å². The molecular weight excluding hydrogens is 526 g/mol. The number of thiazole rings is 1. The number of anilines is 1. The normalized spacial score (nSPS) is 10.9. The van der Waals surface area contributed by atoms with Crippen molar-refractivity contribution >= 4 is 50.4 Å². The second-order valence-corrected chi connectivity index (χ2v) is 9.00. The number of aromatic nitrogens is 1. The van der Waals surface area contributed by atoms with Crippen LogP contribution in [0.4, 0.5) is 10.8 Å². The standard InChI is InChI=1S/C27H25N3O8S/c1-34-20-9-7-16(5-6-17-12-22(35-2)26(37-4)23(13-17)36-3)11-21(20)38-15-25(31)29-27-28-19-14-18(30(32)33)8-10-24(19)39-27/h5-14H,15H2,1-4H3,(H,28,29,31)/b6-5-. The van der Waals surface area contributed by atoms with Gasteiger partial charge in [0, 0.05) is 12.1 Å². The molecular formula is C27H25N3O8S. The van der Waals surface area contributed by atoms with Crippen LogP contribution in [0.5, 0.6) is 28.7 Å². The fourth-order valence-corrected chi connectivity index (χ4v) is 4.54. The monoisotopic (exact) mass is 551 g/mol. The smallest absolute Gasteiger partial charge is 0.271 e. The molecule has 4 aromatic rings. The first kappa shape index (κ1) is 27.2. The van der Waals surface area contributed by atoms with Gasteiger partial charge in [-0.05, 0) is 41.5 Å². The number of carbonyl (C=O) groups is 1. The van der Waals surface area contributed by atoms with Crippen molar-refractivity contribution in [3.63, 3.8) is 0 Å². The van der Waals surface area contributed by atoms with Crippen LogP contribution < -0.4 is 29.0 Å². The number of non-ortho nitro benzene ring substituents is 1. The molecule has 1 amide bonds. The molecule has 39 heavy (non-hydrogen) atoms. The van der Waals surface area contributed by atoms with E-state index in [1.807, 2.05) is 30.4 Å². The molecule has 11 nitrogen and oxygen atoms in total. The molecule has 4 rings (SSSR count). The van der Waals surface area contributed by atoms with Crippen LogP contribution in [0.3, 0.4) is 0 Å². The third-order valence-corrected chi connectivity index (χ3v) is 6.48. The molecule has 0 unspecified atom stereocenters. The van der Waals surface area contributed by atoms with Gasteiger partial charge in [0.15, 0.2) is 34.7 Å². The number of nitro benzene ring substituents is 1. The molecule has 0 saturated heterocycles.